The van der Waals surface area contributed by atoms with Crippen molar-refractivity contribution in [2.45, 2.75) is 25.8 Å². The molecule has 4 heteroatoms. The summed E-state index contributed by atoms with van der Waals surface area (Å²) in [5.74, 6) is 1.31. The van der Waals surface area contributed by atoms with Gasteiger partial charge in [0, 0.05) is 5.56 Å². The zero-order valence-electron chi connectivity index (χ0n) is 9.81. The molecular formula is C13H15N3O. The summed E-state index contributed by atoms with van der Waals surface area (Å²) in [6, 6.07) is 8.35. The Morgan fingerprint density at radius 3 is 2.76 bits per heavy atom. The summed E-state index contributed by atoms with van der Waals surface area (Å²) < 4.78 is 5.71. The van der Waals surface area contributed by atoms with Crippen molar-refractivity contribution in [2.24, 2.45) is 0 Å². The maximum absolute atomic E-state index is 5.71. The monoisotopic (exact) mass is 229 g/mol. The predicted molar refractivity (Wildman–Crippen MR) is 64.4 cm³/mol. The number of nitrogens with zero attached hydrogens (tertiary/aromatic N) is 2. The number of aromatic nitrogens is 2. The molecule has 1 aliphatic rings. The molecule has 0 radical (unpaired) electrons. The molecule has 2 heterocycles. The van der Waals surface area contributed by atoms with Crippen LogP contribution in [0.1, 0.15) is 30.3 Å². The molecule has 0 amide bonds. The van der Waals surface area contributed by atoms with Gasteiger partial charge >= 0.3 is 0 Å². The number of rotatable bonds is 2. The minimum Gasteiger partial charge on any atom is -0.419 e. The van der Waals surface area contributed by atoms with Crippen molar-refractivity contribution >= 4 is 0 Å². The van der Waals surface area contributed by atoms with Crippen LogP contribution in [0.3, 0.4) is 0 Å². The Morgan fingerprint density at radius 1 is 1.24 bits per heavy atom. The molecule has 1 saturated heterocycles. The van der Waals surface area contributed by atoms with Crippen molar-refractivity contribution < 1.29 is 4.42 Å². The third-order valence-corrected chi connectivity index (χ3v) is 3.10. The second kappa shape index (κ2) is 4.30. The van der Waals surface area contributed by atoms with Crippen molar-refractivity contribution in [1.29, 1.82) is 0 Å². The molecule has 1 aromatic heterocycles. The molecule has 1 atom stereocenters. The van der Waals surface area contributed by atoms with Gasteiger partial charge in [-0.05, 0) is 38.4 Å². The van der Waals surface area contributed by atoms with Crippen molar-refractivity contribution in [3.05, 3.63) is 35.7 Å². The van der Waals surface area contributed by atoms with Gasteiger partial charge in [0.1, 0.15) is 0 Å². The summed E-state index contributed by atoms with van der Waals surface area (Å²) >= 11 is 0. The van der Waals surface area contributed by atoms with E-state index < -0.39 is 0 Å². The standard InChI is InChI=1S/C13H15N3O/c1-9-4-6-10(7-5-9)12-15-16-13(17-12)11-3-2-8-14-11/h4-7,11,14H,2-3,8H2,1H3/t11-/m0/s1. The molecule has 17 heavy (non-hydrogen) atoms. The molecule has 0 bridgehead atoms. The van der Waals surface area contributed by atoms with Gasteiger partial charge in [-0.15, -0.1) is 10.2 Å². The second-order valence-electron chi connectivity index (χ2n) is 4.46. The fourth-order valence-electron chi connectivity index (χ4n) is 2.08. The molecule has 88 valence electrons. The van der Waals surface area contributed by atoms with Gasteiger partial charge in [0.05, 0.1) is 6.04 Å². The first-order valence-electron chi connectivity index (χ1n) is 5.97. The summed E-state index contributed by atoms with van der Waals surface area (Å²) in [6.07, 6.45) is 2.25. The Labute approximate surface area is 100 Å². The van der Waals surface area contributed by atoms with Crippen LogP contribution < -0.4 is 5.32 Å². The molecule has 1 N–H and O–H groups in total. The molecule has 2 aromatic rings. The van der Waals surface area contributed by atoms with E-state index in [4.69, 9.17) is 4.42 Å². The average molecular weight is 229 g/mol. The van der Waals surface area contributed by atoms with Crippen LogP contribution in [-0.2, 0) is 0 Å². The van der Waals surface area contributed by atoms with Gasteiger partial charge in [-0.25, -0.2) is 0 Å². The first kappa shape index (κ1) is 10.5. The lowest BCUT2D eigenvalue weighted by atomic mass is 10.1. The van der Waals surface area contributed by atoms with Crippen LogP contribution in [0.2, 0.25) is 0 Å². The van der Waals surface area contributed by atoms with E-state index >= 15 is 0 Å². The van der Waals surface area contributed by atoms with Crippen LogP contribution in [0.15, 0.2) is 28.7 Å². The van der Waals surface area contributed by atoms with Crippen LogP contribution in [-0.4, -0.2) is 16.7 Å². The maximum atomic E-state index is 5.71. The van der Waals surface area contributed by atoms with E-state index in [2.05, 4.69) is 22.4 Å². The average Bonchev–Trinajstić information content (AvgIpc) is 3.00. The molecule has 0 saturated carbocycles. The highest BCUT2D eigenvalue weighted by atomic mass is 16.4. The minimum absolute atomic E-state index is 0.238. The summed E-state index contributed by atoms with van der Waals surface area (Å²) in [5, 5.41) is 11.6. The summed E-state index contributed by atoms with van der Waals surface area (Å²) in [7, 11) is 0. The molecule has 0 unspecified atom stereocenters. The Balaban J connectivity index is 1.86. The predicted octanol–water partition coefficient (Wildman–Crippen LogP) is 2.47. The maximum Gasteiger partial charge on any atom is 0.247 e. The highest BCUT2D eigenvalue weighted by molar-refractivity contribution is 5.52. The van der Waals surface area contributed by atoms with Gasteiger partial charge < -0.3 is 9.73 Å². The Kier molecular flexibility index (Phi) is 2.65. The highest BCUT2D eigenvalue weighted by Gasteiger charge is 2.22. The highest BCUT2D eigenvalue weighted by Crippen LogP contribution is 2.25. The van der Waals surface area contributed by atoms with E-state index in [1.54, 1.807) is 0 Å². The molecule has 1 aliphatic heterocycles. The molecule has 0 aliphatic carbocycles. The molecular weight excluding hydrogens is 214 g/mol. The van der Waals surface area contributed by atoms with Gasteiger partial charge in [0.2, 0.25) is 11.8 Å². The Bertz CT molecular complexity index is 498. The molecule has 1 fully saturated rings. The van der Waals surface area contributed by atoms with Gasteiger partial charge in [0.25, 0.3) is 0 Å². The molecule has 1 aromatic carbocycles. The zero-order chi connectivity index (χ0) is 11.7. The lowest BCUT2D eigenvalue weighted by Crippen LogP contribution is -2.12. The van der Waals surface area contributed by atoms with Crippen LogP contribution in [0.25, 0.3) is 11.5 Å². The fraction of sp³-hybridized carbons (Fsp3) is 0.385. The van der Waals surface area contributed by atoms with E-state index in [1.165, 1.54) is 12.0 Å². The summed E-state index contributed by atoms with van der Waals surface area (Å²) in [4.78, 5) is 0. The molecule has 4 nitrogen and oxygen atoms in total. The van der Waals surface area contributed by atoms with E-state index in [9.17, 15) is 0 Å². The van der Waals surface area contributed by atoms with Crippen LogP contribution in [0.5, 0.6) is 0 Å². The quantitative estimate of drug-likeness (QED) is 0.859. The van der Waals surface area contributed by atoms with Crippen LogP contribution in [0, 0.1) is 6.92 Å². The van der Waals surface area contributed by atoms with Crippen LogP contribution in [0.4, 0.5) is 0 Å². The normalized spacial score (nSPS) is 19.7. The third kappa shape index (κ3) is 2.08. The van der Waals surface area contributed by atoms with Gasteiger partial charge in [-0.3, -0.25) is 0 Å². The lowest BCUT2D eigenvalue weighted by molar-refractivity contribution is 0.437. The number of hydrogen-bond acceptors (Lipinski definition) is 4. The number of aryl methyl sites for hydroxylation is 1. The second-order valence-corrected chi connectivity index (χ2v) is 4.46. The van der Waals surface area contributed by atoms with Crippen molar-refractivity contribution in [1.82, 2.24) is 15.5 Å². The van der Waals surface area contributed by atoms with E-state index in [0.717, 1.165) is 18.5 Å². The number of benzene rings is 1. The first-order chi connectivity index (χ1) is 8.33. The zero-order valence-corrected chi connectivity index (χ0v) is 9.81. The van der Waals surface area contributed by atoms with Gasteiger partial charge in [-0.2, -0.15) is 0 Å². The third-order valence-electron chi connectivity index (χ3n) is 3.10. The smallest absolute Gasteiger partial charge is 0.247 e. The minimum atomic E-state index is 0.238. The topological polar surface area (TPSA) is 51.0 Å². The van der Waals surface area contributed by atoms with Crippen molar-refractivity contribution in [3.63, 3.8) is 0 Å². The van der Waals surface area contributed by atoms with Gasteiger partial charge in [-0.1, -0.05) is 17.7 Å². The molecule has 3 rings (SSSR count). The lowest BCUT2D eigenvalue weighted by Gasteiger charge is -2.02. The van der Waals surface area contributed by atoms with Crippen molar-refractivity contribution in [3.8, 4) is 11.5 Å². The number of nitrogens with one attached hydrogen (secondary N) is 1. The fourth-order valence-corrected chi connectivity index (χ4v) is 2.08. The SMILES string of the molecule is Cc1ccc(-c2nnc([C@@H]3CCCN3)o2)cc1. The largest absolute Gasteiger partial charge is 0.419 e. The van der Waals surface area contributed by atoms with E-state index in [1.807, 2.05) is 24.3 Å². The molecule has 0 spiro atoms. The first-order valence-corrected chi connectivity index (χ1v) is 5.97. The Hall–Kier alpha value is -1.68. The summed E-state index contributed by atoms with van der Waals surface area (Å²) in [5.41, 5.74) is 2.21. The van der Waals surface area contributed by atoms with Gasteiger partial charge in [0.15, 0.2) is 0 Å². The Morgan fingerprint density at radius 2 is 2.06 bits per heavy atom. The summed E-state index contributed by atoms with van der Waals surface area (Å²) in [6.45, 7) is 3.10. The number of hydrogen-bond donors (Lipinski definition) is 1. The van der Waals surface area contributed by atoms with E-state index in [-0.39, 0.29) is 6.04 Å². The van der Waals surface area contributed by atoms with Crippen molar-refractivity contribution in [2.75, 3.05) is 6.54 Å². The van der Waals surface area contributed by atoms with Crippen LogP contribution >= 0.6 is 0 Å². The van der Waals surface area contributed by atoms with E-state index in [0.29, 0.717) is 11.8 Å².